The monoisotopic (exact) mass is 752 g/mol. The van der Waals surface area contributed by atoms with E-state index < -0.39 is 52.8 Å². The predicted molar refractivity (Wildman–Crippen MR) is 177 cm³/mol. The van der Waals surface area contributed by atoms with Crippen molar-refractivity contribution in [3.63, 3.8) is 0 Å². The lowest BCUT2D eigenvalue weighted by Crippen LogP contribution is -2.19. The van der Waals surface area contributed by atoms with Gasteiger partial charge in [0.1, 0.15) is 27.0 Å². The topological polar surface area (TPSA) is 201 Å². The number of carbonyl (C=O) groups is 2. The number of pyridine rings is 1. The van der Waals surface area contributed by atoms with Crippen LogP contribution in [0.3, 0.4) is 0 Å². The molecule has 0 fully saturated rings. The highest BCUT2D eigenvalue weighted by molar-refractivity contribution is 7.86. The summed E-state index contributed by atoms with van der Waals surface area (Å²) >= 11 is 5.57. The van der Waals surface area contributed by atoms with E-state index in [1.54, 1.807) is 30.3 Å². The molecule has 0 saturated heterocycles. The molecule has 50 heavy (non-hydrogen) atoms. The molecule has 0 atom stereocenters. The molecule has 13 nitrogen and oxygen atoms in total. The number of rotatable bonds is 7. The third kappa shape index (κ3) is 9.67. The molecule has 4 aromatic carbocycles. The van der Waals surface area contributed by atoms with E-state index in [2.05, 4.69) is 20.9 Å². The second kappa shape index (κ2) is 15.1. The lowest BCUT2D eigenvalue weighted by molar-refractivity contribution is -0.137. The zero-order valence-corrected chi connectivity index (χ0v) is 27.7. The fourth-order valence-corrected chi connectivity index (χ4v) is 5.92. The number of urea groups is 1. The van der Waals surface area contributed by atoms with E-state index in [1.165, 1.54) is 49.6 Å². The molecule has 0 bridgehead atoms. The van der Waals surface area contributed by atoms with Crippen LogP contribution in [0.2, 0.25) is 5.02 Å². The molecule has 0 radical (unpaired) electrons. The third-order valence-corrected chi connectivity index (χ3v) is 8.62. The Hall–Kier alpha value is -5.27. The molecular formula is C31H24ClF3N4O9S2. The highest BCUT2D eigenvalue weighted by atomic mass is 35.5. The van der Waals surface area contributed by atoms with E-state index >= 15 is 0 Å². The maximum absolute atomic E-state index is 12.9. The van der Waals surface area contributed by atoms with E-state index in [-0.39, 0.29) is 28.1 Å². The lowest BCUT2D eigenvalue weighted by atomic mass is 10.1. The summed E-state index contributed by atoms with van der Waals surface area (Å²) < 4.78 is 107. The Morgan fingerprint density at radius 3 is 1.82 bits per heavy atom. The van der Waals surface area contributed by atoms with Gasteiger partial charge in [-0.1, -0.05) is 35.9 Å². The Morgan fingerprint density at radius 1 is 0.760 bits per heavy atom. The molecule has 5 aromatic rings. The van der Waals surface area contributed by atoms with Crippen molar-refractivity contribution in [2.24, 2.45) is 0 Å². The maximum atomic E-state index is 12.9. The second-order valence-electron chi connectivity index (χ2n) is 9.91. The van der Waals surface area contributed by atoms with Gasteiger partial charge in [-0.15, -0.1) is 0 Å². The van der Waals surface area contributed by atoms with Crippen molar-refractivity contribution in [3.05, 3.63) is 113 Å². The van der Waals surface area contributed by atoms with Crippen LogP contribution in [0.25, 0.3) is 10.8 Å². The van der Waals surface area contributed by atoms with Gasteiger partial charge in [0.05, 0.1) is 10.6 Å². The highest BCUT2D eigenvalue weighted by Crippen LogP contribution is 2.36. The van der Waals surface area contributed by atoms with Gasteiger partial charge in [-0.25, -0.2) is 4.79 Å². The van der Waals surface area contributed by atoms with E-state index in [0.717, 1.165) is 24.3 Å². The summed E-state index contributed by atoms with van der Waals surface area (Å²) in [6.45, 7) is 0. The number of ether oxygens (including phenoxy) is 1. The normalized spacial score (nSPS) is 11.6. The third-order valence-electron chi connectivity index (χ3n) is 6.47. The van der Waals surface area contributed by atoms with Gasteiger partial charge in [0.2, 0.25) is 0 Å². The summed E-state index contributed by atoms with van der Waals surface area (Å²) in [5.41, 5.74) is -0.547. The van der Waals surface area contributed by atoms with Crippen LogP contribution in [-0.4, -0.2) is 49.9 Å². The fraction of sp³-hybridized carbons (Fsp3) is 0.0645. The number of alkyl halides is 3. The highest BCUT2D eigenvalue weighted by Gasteiger charge is 2.33. The minimum atomic E-state index is -4.64. The molecule has 5 rings (SSSR count). The number of halogens is 4. The van der Waals surface area contributed by atoms with Gasteiger partial charge >= 0.3 is 12.2 Å². The van der Waals surface area contributed by atoms with Crippen molar-refractivity contribution < 1.29 is 53.4 Å². The van der Waals surface area contributed by atoms with Gasteiger partial charge < -0.3 is 20.7 Å². The van der Waals surface area contributed by atoms with Crippen LogP contribution >= 0.6 is 11.6 Å². The Kier molecular flexibility index (Phi) is 11.3. The van der Waals surface area contributed by atoms with Crippen molar-refractivity contribution in [2.45, 2.75) is 16.0 Å². The number of aromatic nitrogens is 1. The van der Waals surface area contributed by atoms with Crippen LogP contribution in [-0.2, 0) is 26.4 Å². The first kappa shape index (κ1) is 37.5. The van der Waals surface area contributed by atoms with Gasteiger partial charge in [-0.05, 0) is 60.7 Å². The number of benzene rings is 4. The van der Waals surface area contributed by atoms with Crippen LogP contribution in [0.5, 0.6) is 11.5 Å². The van der Waals surface area contributed by atoms with Crippen LogP contribution in [0.1, 0.15) is 16.1 Å². The number of nitrogens with zero attached hydrogens (tertiary/aromatic N) is 1. The van der Waals surface area contributed by atoms with Crippen molar-refractivity contribution in [3.8, 4) is 11.5 Å². The number of carbonyl (C=O) groups excluding carboxylic acids is 2. The quantitative estimate of drug-likeness (QED) is 0.109. The molecule has 0 spiro atoms. The van der Waals surface area contributed by atoms with Crippen molar-refractivity contribution >= 4 is 65.9 Å². The Balaban J connectivity index is 0.000000263. The molecule has 0 aliphatic carbocycles. The number of amides is 3. The standard InChI is InChI=1S/C21H16ClF3N4O3.C10H8O6S2/c1-26-19(30)18-11-15(8-9-27-18)32-14-5-2-12(3-6-14)28-20(31)29-13-4-7-17(22)16(10-13)21(23,24)25;11-17(12,13)9-5-1-3-7-8(9)4-2-6-10(7)18(14,15)16/h2-11H,1H3,(H,26,30)(H2,28,29,31);1-6H,(H,11,12,13)(H,14,15,16). The first-order valence-electron chi connectivity index (χ1n) is 13.7. The molecular weight excluding hydrogens is 729 g/mol. The molecule has 5 N–H and O–H groups in total. The molecule has 1 heterocycles. The molecule has 0 unspecified atom stereocenters. The average Bonchev–Trinajstić information content (AvgIpc) is 3.04. The smallest absolute Gasteiger partial charge is 0.417 e. The molecule has 0 saturated carbocycles. The number of hydrogen-bond donors (Lipinski definition) is 5. The Labute approximate surface area is 287 Å². The minimum absolute atomic E-state index is 0.0233. The minimum Gasteiger partial charge on any atom is -0.457 e. The Morgan fingerprint density at radius 2 is 1.30 bits per heavy atom. The summed E-state index contributed by atoms with van der Waals surface area (Å²) in [6, 6.07) is 19.1. The van der Waals surface area contributed by atoms with E-state index in [1.807, 2.05) is 0 Å². The van der Waals surface area contributed by atoms with E-state index in [4.69, 9.17) is 25.4 Å². The van der Waals surface area contributed by atoms with Crippen molar-refractivity contribution in [2.75, 3.05) is 17.7 Å². The first-order chi connectivity index (χ1) is 23.4. The van der Waals surface area contributed by atoms with Gasteiger partial charge in [0.25, 0.3) is 26.1 Å². The van der Waals surface area contributed by atoms with Crippen LogP contribution in [0.15, 0.2) is 107 Å². The second-order valence-corrected chi connectivity index (χ2v) is 13.1. The summed E-state index contributed by atoms with van der Waals surface area (Å²) in [5.74, 6) is 0.460. The van der Waals surface area contributed by atoms with E-state index in [0.29, 0.717) is 17.2 Å². The molecule has 0 aliphatic heterocycles. The van der Waals surface area contributed by atoms with Gasteiger partial charge in [-0.2, -0.15) is 30.0 Å². The van der Waals surface area contributed by atoms with Crippen molar-refractivity contribution in [1.82, 2.24) is 10.3 Å². The number of anilines is 2. The molecule has 1 aromatic heterocycles. The van der Waals surface area contributed by atoms with Gasteiger partial charge in [0, 0.05) is 41.5 Å². The number of hydrogen-bond acceptors (Lipinski definition) is 8. The fourth-order valence-electron chi connectivity index (χ4n) is 4.29. The summed E-state index contributed by atoms with van der Waals surface area (Å²) in [4.78, 5) is 26.9. The summed E-state index contributed by atoms with van der Waals surface area (Å²) in [7, 11) is -7.45. The van der Waals surface area contributed by atoms with Gasteiger partial charge in [-0.3, -0.25) is 18.9 Å². The largest absolute Gasteiger partial charge is 0.457 e. The molecule has 0 aliphatic rings. The van der Waals surface area contributed by atoms with Crippen molar-refractivity contribution in [1.29, 1.82) is 0 Å². The van der Waals surface area contributed by atoms with Crippen LogP contribution in [0.4, 0.5) is 29.3 Å². The van der Waals surface area contributed by atoms with E-state index in [9.17, 15) is 39.6 Å². The number of nitrogens with one attached hydrogen (secondary N) is 3. The molecule has 19 heteroatoms. The average molecular weight is 753 g/mol. The zero-order chi connectivity index (χ0) is 36.9. The number of fused-ring (bicyclic) bond motifs is 1. The van der Waals surface area contributed by atoms with Crippen LogP contribution < -0.4 is 20.7 Å². The van der Waals surface area contributed by atoms with Crippen LogP contribution in [0, 0.1) is 0 Å². The molecule has 262 valence electrons. The molecule has 3 amide bonds. The summed E-state index contributed by atoms with van der Waals surface area (Å²) in [5, 5.41) is 6.87. The SMILES string of the molecule is CNC(=O)c1cc(Oc2ccc(NC(=O)Nc3ccc(Cl)c(C(F)(F)F)c3)cc2)ccn1.O=S(=O)(O)c1cccc2c(S(=O)(=O)O)cccc12. The zero-order valence-electron chi connectivity index (χ0n) is 25.3. The maximum Gasteiger partial charge on any atom is 0.417 e. The lowest BCUT2D eigenvalue weighted by Gasteiger charge is -2.12. The first-order valence-corrected chi connectivity index (χ1v) is 17.0. The predicted octanol–water partition coefficient (Wildman–Crippen LogP) is 6.88. The Bertz CT molecular complexity index is 2220. The summed E-state index contributed by atoms with van der Waals surface area (Å²) in [6.07, 6.45) is -3.21. The van der Waals surface area contributed by atoms with Gasteiger partial charge in [0.15, 0.2) is 0 Å².